The van der Waals surface area contributed by atoms with E-state index in [1.54, 1.807) is 25.2 Å². The van der Waals surface area contributed by atoms with Crippen molar-refractivity contribution in [3.63, 3.8) is 0 Å². The second-order valence-corrected chi connectivity index (χ2v) is 7.69. The van der Waals surface area contributed by atoms with Gasteiger partial charge < -0.3 is 9.72 Å². The van der Waals surface area contributed by atoms with Crippen molar-refractivity contribution in [3.05, 3.63) is 20.8 Å². The summed E-state index contributed by atoms with van der Waals surface area (Å²) >= 11 is 2.85. The molecule has 0 bridgehead atoms. The summed E-state index contributed by atoms with van der Waals surface area (Å²) in [6.45, 7) is 3.88. The Morgan fingerprint density at radius 3 is 3.00 bits per heavy atom. The number of ether oxygens (including phenoxy) is 1. The summed E-state index contributed by atoms with van der Waals surface area (Å²) in [5, 5.41) is 0.833. The molecule has 2 aromatic rings. The summed E-state index contributed by atoms with van der Waals surface area (Å²) in [5.41, 5.74) is 1.08. The minimum Gasteiger partial charge on any atom is -0.465 e. The summed E-state index contributed by atoms with van der Waals surface area (Å²) in [7, 11) is 0. The van der Waals surface area contributed by atoms with Gasteiger partial charge in [0.25, 0.3) is 5.56 Å². The maximum absolute atomic E-state index is 12.4. The second kappa shape index (κ2) is 6.42. The van der Waals surface area contributed by atoms with Gasteiger partial charge >= 0.3 is 5.97 Å². The third-order valence-corrected chi connectivity index (χ3v) is 5.86. The molecule has 7 heteroatoms. The van der Waals surface area contributed by atoms with Crippen molar-refractivity contribution in [1.82, 2.24) is 9.97 Å². The van der Waals surface area contributed by atoms with Crippen molar-refractivity contribution in [2.45, 2.75) is 49.9 Å². The molecule has 1 atom stereocenters. The average molecular weight is 338 g/mol. The van der Waals surface area contributed by atoms with Gasteiger partial charge in [-0.2, -0.15) is 0 Å². The van der Waals surface area contributed by atoms with Crippen molar-refractivity contribution < 1.29 is 9.53 Å². The Bertz CT molecular complexity index is 766. The first-order chi connectivity index (χ1) is 10.6. The van der Waals surface area contributed by atoms with E-state index >= 15 is 0 Å². The van der Waals surface area contributed by atoms with E-state index in [-0.39, 0.29) is 11.5 Å². The Labute approximate surface area is 136 Å². The highest BCUT2D eigenvalue weighted by atomic mass is 32.2. The van der Waals surface area contributed by atoms with Crippen molar-refractivity contribution in [2.24, 2.45) is 0 Å². The fourth-order valence-corrected chi connectivity index (χ4v) is 4.79. The summed E-state index contributed by atoms with van der Waals surface area (Å²) in [5.74, 6) is -0.291. The topological polar surface area (TPSA) is 72.0 Å². The maximum Gasteiger partial charge on any atom is 0.319 e. The number of thiophene rings is 1. The van der Waals surface area contributed by atoms with Gasteiger partial charge in [0.15, 0.2) is 5.16 Å². The number of carbonyl (C=O) groups is 1. The largest absolute Gasteiger partial charge is 0.465 e. The molecule has 1 aliphatic carbocycles. The predicted octanol–water partition coefficient (Wildman–Crippen LogP) is 2.91. The number of aromatic nitrogens is 2. The number of H-pyrrole nitrogens is 1. The molecule has 0 fully saturated rings. The van der Waals surface area contributed by atoms with Crippen LogP contribution in [0.15, 0.2) is 9.95 Å². The van der Waals surface area contributed by atoms with Crippen LogP contribution in [-0.4, -0.2) is 27.8 Å². The monoisotopic (exact) mass is 338 g/mol. The predicted molar refractivity (Wildman–Crippen MR) is 88.8 cm³/mol. The molecular formula is C15H18N2O3S2. The SMILES string of the molecule is CCOC(=O)C(C)Sc1nc2sc3c(c2c(=O)[nH]1)CCCC3. The minimum atomic E-state index is -0.393. The third kappa shape index (κ3) is 2.92. The molecule has 3 rings (SSSR count). The number of aromatic amines is 1. The molecule has 118 valence electrons. The van der Waals surface area contributed by atoms with E-state index in [0.29, 0.717) is 11.8 Å². The lowest BCUT2D eigenvalue weighted by molar-refractivity contribution is -0.142. The normalized spacial score (nSPS) is 15.5. The zero-order valence-corrected chi connectivity index (χ0v) is 14.2. The standard InChI is InChI=1S/C15H18N2O3S2/c1-3-20-14(19)8(2)21-15-16-12(18)11-9-6-4-5-7-10(9)22-13(11)17-15/h8H,3-7H2,1-2H3,(H,16,17,18). The lowest BCUT2D eigenvalue weighted by Gasteiger charge is -2.10. The highest BCUT2D eigenvalue weighted by Gasteiger charge is 2.22. The van der Waals surface area contributed by atoms with Gasteiger partial charge in [0, 0.05) is 4.88 Å². The minimum absolute atomic E-state index is 0.0945. The molecule has 2 heterocycles. The molecular weight excluding hydrogens is 320 g/mol. The Balaban J connectivity index is 1.93. The van der Waals surface area contributed by atoms with Crippen LogP contribution >= 0.6 is 23.1 Å². The molecule has 2 aromatic heterocycles. The Morgan fingerprint density at radius 2 is 2.23 bits per heavy atom. The lowest BCUT2D eigenvalue weighted by Crippen LogP contribution is -2.18. The molecule has 0 amide bonds. The fourth-order valence-electron chi connectivity index (χ4n) is 2.68. The number of aryl methyl sites for hydroxylation is 2. The maximum atomic E-state index is 12.4. The van der Waals surface area contributed by atoms with Crippen LogP contribution in [0, 0.1) is 0 Å². The second-order valence-electron chi connectivity index (χ2n) is 5.27. The summed E-state index contributed by atoms with van der Waals surface area (Å²) in [4.78, 5) is 33.5. The number of thioether (sulfide) groups is 1. The van der Waals surface area contributed by atoms with Gasteiger partial charge in [-0.05, 0) is 45.1 Å². The quantitative estimate of drug-likeness (QED) is 0.527. The van der Waals surface area contributed by atoms with E-state index in [9.17, 15) is 9.59 Å². The number of fused-ring (bicyclic) bond motifs is 3. The molecule has 1 aliphatic rings. The van der Waals surface area contributed by atoms with E-state index < -0.39 is 5.25 Å². The average Bonchev–Trinajstić information content (AvgIpc) is 2.85. The van der Waals surface area contributed by atoms with Crippen LogP contribution in [0.2, 0.25) is 0 Å². The van der Waals surface area contributed by atoms with Gasteiger partial charge in [-0.1, -0.05) is 11.8 Å². The number of rotatable bonds is 4. The number of nitrogens with one attached hydrogen (secondary N) is 1. The first-order valence-electron chi connectivity index (χ1n) is 7.48. The fraction of sp³-hybridized carbons (Fsp3) is 0.533. The van der Waals surface area contributed by atoms with E-state index in [1.807, 2.05) is 0 Å². The van der Waals surface area contributed by atoms with Crippen LogP contribution in [0.3, 0.4) is 0 Å². The molecule has 0 radical (unpaired) electrons. The van der Waals surface area contributed by atoms with Crippen molar-refractivity contribution >= 4 is 39.3 Å². The number of carbonyl (C=O) groups excluding carboxylic acids is 1. The van der Waals surface area contributed by atoms with Gasteiger partial charge in [-0.3, -0.25) is 9.59 Å². The molecule has 22 heavy (non-hydrogen) atoms. The van der Waals surface area contributed by atoms with Crippen LogP contribution in [0.1, 0.15) is 37.1 Å². The summed E-state index contributed by atoms with van der Waals surface area (Å²) in [6.07, 6.45) is 4.32. The summed E-state index contributed by atoms with van der Waals surface area (Å²) < 4.78 is 4.98. The molecule has 1 unspecified atom stereocenters. The molecule has 0 saturated heterocycles. The highest BCUT2D eigenvalue weighted by Crippen LogP contribution is 2.34. The molecule has 0 saturated carbocycles. The number of esters is 1. The molecule has 1 N–H and O–H groups in total. The lowest BCUT2D eigenvalue weighted by atomic mass is 9.97. The van der Waals surface area contributed by atoms with Gasteiger partial charge in [-0.25, -0.2) is 4.98 Å². The van der Waals surface area contributed by atoms with Crippen molar-refractivity contribution in [1.29, 1.82) is 0 Å². The molecule has 5 nitrogen and oxygen atoms in total. The first kappa shape index (κ1) is 15.6. The van der Waals surface area contributed by atoms with Crippen LogP contribution < -0.4 is 5.56 Å². The van der Waals surface area contributed by atoms with E-state index in [4.69, 9.17) is 4.74 Å². The zero-order chi connectivity index (χ0) is 15.7. The molecule has 0 aliphatic heterocycles. The van der Waals surface area contributed by atoms with Gasteiger partial charge in [0.2, 0.25) is 0 Å². The Kier molecular flexibility index (Phi) is 4.54. The Hall–Kier alpha value is -1.34. The molecule has 0 spiro atoms. The number of nitrogens with zero attached hydrogens (tertiary/aromatic N) is 1. The smallest absolute Gasteiger partial charge is 0.319 e. The van der Waals surface area contributed by atoms with Crippen molar-refractivity contribution in [2.75, 3.05) is 6.61 Å². The number of hydrogen-bond acceptors (Lipinski definition) is 6. The van der Waals surface area contributed by atoms with Crippen LogP contribution in [-0.2, 0) is 22.4 Å². The summed E-state index contributed by atoms with van der Waals surface area (Å²) in [6, 6.07) is 0. The highest BCUT2D eigenvalue weighted by molar-refractivity contribution is 8.00. The van der Waals surface area contributed by atoms with Crippen molar-refractivity contribution in [3.8, 4) is 0 Å². The van der Waals surface area contributed by atoms with E-state index in [2.05, 4.69) is 9.97 Å². The first-order valence-corrected chi connectivity index (χ1v) is 9.17. The van der Waals surface area contributed by atoms with E-state index in [1.165, 1.54) is 28.6 Å². The third-order valence-electron chi connectivity index (χ3n) is 3.71. The zero-order valence-electron chi connectivity index (χ0n) is 12.6. The van der Waals surface area contributed by atoms with Gasteiger partial charge in [-0.15, -0.1) is 11.3 Å². The van der Waals surface area contributed by atoms with Crippen LogP contribution in [0.25, 0.3) is 10.2 Å². The van der Waals surface area contributed by atoms with Gasteiger partial charge in [0.05, 0.1) is 12.0 Å². The number of hydrogen-bond donors (Lipinski definition) is 1. The van der Waals surface area contributed by atoms with E-state index in [0.717, 1.165) is 29.5 Å². The van der Waals surface area contributed by atoms with Crippen LogP contribution in [0.4, 0.5) is 0 Å². The molecule has 0 aromatic carbocycles. The van der Waals surface area contributed by atoms with Gasteiger partial charge in [0.1, 0.15) is 10.1 Å². The van der Waals surface area contributed by atoms with Crippen LogP contribution in [0.5, 0.6) is 0 Å². The Morgan fingerprint density at radius 1 is 1.45 bits per heavy atom.